The fourth-order valence-electron chi connectivity index (χ4n) is 11.6. The molecule has 0 atom stereocenters. The van der Waals surface area contributed by atoms with Crippen molar-refractivity contribution in [2.45, 2.75) is 80.1 Å². The average Bonchev–Trinajstić information content (AvgIpc) is 4.05. The van der Waals surface area contributed by atoms with Crippen LogP contribution < -0.4 is 0 Å². The Kier molecular flexibility index (Phi) is 10.4. The molecule has 6 heterocycles. The number of benzene rings is 7. The predicted molar refractivity (Wildman–Crippen MR) is 311 cm³/mol. The number of para-hydroxylation sites is 2. The summed E-state index contributed by atoms with van der Waals surface area (Å²) >= 11 is 0. The largest absolute Gasteiger partial charge is 0.305 e. The first-order valence-electron chi connectivity index (χ1n) is 26.0. The summed E-state index contributed by atoms with van der Waals surface area (Å²) in [6.45, 7) is 22.4. The van der Waals surface area contributed by atoms with Crippen molar-refractivity contribution in [3.05, 3.63) is 203 Å². The number of rotatable bonds is 6. The van der Waals surface area contributed by atoms with Crippen molar-refractivity contribution in [3.63, 3.8) is 0 Å². The summed E-state index contributed by atoms with van der Waals surface area (Å²) in [7, 11) is 0. The van der Waals surface area contributed by atoms with Crippen molar-refractivity contribution in [2.24, 2.45) is 0 Å². The molecule has 13 aromatic rings. The van der Waals surface area contributed by atoms with Gasteiger partial charge in [0.15, 0.2) is 17.5 Å². The minimum absolute atomic E-state index is 0.0793. The van der Waals surface area contributed by atoms with Crippen molar-refractivity contribution < 1.29 is 0 Å². The Morgan fingerprint density at radius 3 is 1.16 bits per heavy atom. The van der Waals surface area contributed by atoms with Crippen LogP contribution >= 0.6 is 0 Å². The van der Waals surface area contributed by atoms with E-state index in [-0.39, 0.29) is 10.8 Å². The molecule has 75 heavy (non-hydrogen) atoms. The van der Waals surface area contributed by atoms with Gasteiger partial charge in [-0.05, 0) is 145 Å². The van der Waals surface area contributed by atoms with E-state index in [1.165, 1.54) is 21.9 Å². The van der Waals surface area contributed by atoms with E-state index in [0.29, 0.717) is 17.5 Å². The number of fused-ring (bicyclic) bond motifs is 9. The fourth-order valence-corrected chi connectivity index (χ4v) is 11.6. The van der Waals surface area contributed by atoms with E-state index in [9.17, 15) is 0 Å². The number of hydrogen-bond donors (Lipinski definition) is 0. The Hall–Kier alpha value is -8.75. The van der Waals surface area contributed by atoms with Gasteiger partial charge in [-0.2, -0.15) is 0 Å². The van der Waals surface area contributed by atoms with Gasteiger partial charge in [0.05, 0.1) is 61.2 Å². The smallest absolute Gasteiger partial charge is 0.164 e. The lowest BCUT2D eigenvalue weighted by Crippen LogP contribution is -2.12. The van der Waals surface area contributed by atoms with E-state index in [1.54, 1.807) is 0 Å². The van der Waals surface area contributed by atoms with E-state index in [1.807, 2.05) is 24.5 Å². The Morgan fingerprint density at radius 1 is 0.347 bits per heavy atom. The van der Waals surface area contributed by atoms with Crippen molar-refractivity contribution in [1.82, 2.24) is 38.6 Å². The third kappa shape index (κ3) is 7.29. The zero-order valence-corrected chi connectivity index (χ0v) is 44.2. The van der Waals surface area contributed by atoms with Gasteiger partial charge in [-0.1, -0.05) is 126 Å². The second-order valence-electron chi connectivity index (χ2n) is 22.4. The number of aryl methyl sites for hydroxylation is 4. The van der Waals surface area contributed by atoms with Crippen LogP contribution in [0.5, 0.6) is 0 Å². The van der Waals surface area contributed by atoms with Crippen LogP contribution in [0.15, 0.2) is 170 Å². The first-order chi connectivity index (χ1) is 36.1. The molecular formula is C67H58N8. The highest BCUT2D eigenvalue weighted by atomic mass is 15.1. The summed E-state index contributed by atoms with van der Waals surface area (Å²) in [5.74, 6) is 1.84. The van der Waals surface area contributed by atoms with Crippen molar-refractivity contribution in [2.75, 3.05) is 0 Å². The Labute approximate surface area is 437 Å². The molecule has 0 amide bonds. The summed E-state index contributed by atoms with van der Waals surface area (Å²) in [5, 5.41) is 4.53. The van der Waals surface area contributed by atoms with E-state index in [0.717, 1.165) is 111 Å². The lowest BCUT2D eigenvalue weighted by atomic mass is 9.85. The first-order valence-corrected chi connectivity index (χ1v) is 26.0. The highest BCUT2D eigenvalue weighted by Gasteiger charge is 2.29. The number of aromatic nitrogens is 8. The van der Waals surface area contributed by atoms with Crippen LogP contribution in [0.4, 0.5) is 0 Å². The Balaban J connectivity index is 1.27. The molecule has 0 aliphatic heterocycles. The zero-order valence-electron chi connectivity index (χ0n) is 44.2. The quantitative estimate of drug-likeness (QED) is 0.166. The average molecular weight is 975 g/mol. The standard InChI is InChI=1S/C67H58N8/c1-39-19-15-20-40(2)58(39)64-70-63(71-65(72-64)59-41(3)21-16-22-42(59)4)43-35-56(73-50-25-13-11-23-46(50)60-54(73)27-17-33-68-60)62(57(36-43)74-51-26-14-12-24-47(51)61-55(74)28-18-34-69-61)75-52-31-29-44(66(5,6)7)37-48(52)49-38-45(67(8,9)10)30-32-53(49)75/h11-38H,1-10H3. The van der Waals surface area contributed by atoms with Crippen LogP contribution in [-0.2, 0) is 10.8 Å². The van der Waals surface area contributed by atoms with Crippen molar-refractivity contribution in [1.29, 1.82) is 0 Å². The maximum absolute atomic E-state index is 5.56. The molecule has 0 bridgehead atoms. The van der Waals surface area contributed by atoms with Crippen LogP contribution in [0.25, 0.3) is 117 Å². The molecule has 366 valence electrons. The van der Waals surface area contributed by atoms with Gasteiger partial charge >= 0.3 is 0 Å². The normalized spacial score (nSPS) is 12.4. The van der Waals surface area contributed by atoms with Gasteiger partial charge in [-0.15, -0.1) is 0 Å². The van der Waals surface area contributed by atoms with Gasteiger partial charge in [0.25, 0.3) is 0 Å². The predicted octanol–water partition coefficient (Wildman–Crippen LogP) is 16.8. The number of hydrogen-bond acceptors (Lipinski definition) is 5. The number of pyridine rings is 2. The molecule has 0 aliphatic carbocycles. The molecule has 8 heteroatoms. The van der Waals surface area contributed by atoms with Gasteiger partial charge in [0.2, 0.25) is 0 Å². The summed E-state index contributed by atoms with van der Waals surface area (Å²) in [6.07, 6.45) is 3.79. The highest BCUT2D eigenvalue weighted by molar-refractivity contribution is 6.13. The molecule has 0 saturated heterocycles. The molecule has 8 nitrogen and oxygen atoms in total. The van der Waals surface area contributed by atoms with Crippen molar-refractivity contribution >= 4 is 65.7 Å². The lowest BCUT2D eigenvalue weighted by Gasteiger charge is -2.24. The second kappa shape index (κ2) is 16.9. The molecular weight excluding hydrogens is 917 g/mol. The fraction of sp³-hybridized carbons (Fsp3) is 0.179. The second-order valence-corrected chi connectivity index (χ2v) is 22.4. The van der Waals surface area contributed by atoms with Crippen LogP contribution in [0, 0.1) is 27.7 Å². The minimum atomic E-state index is -0.0793. The molecule has 7 aromatic carbocycles. The molecule has 0 saturated carbocycles. The highest BCUT2D eigenvalue weighted by Crippen LogP contribution is 2.46. The van der Waals surface area contributed by atoms with E-state index < -0.39 is 0 Å². The third-order valence-corrected chi connectivity index (χ3v) is 15.4. The molecule has 0 unspecified atom stereocenters. The zero-order chi connectivity index (χ0) is 51.7. The lowest BCUT2D eigenvalue weighted by molar-refractivity contribution is 0.590. The Morgan fingerprint density at radius 2 is 0.733 bits per heavy atom. The summed E-state index contributed by atoms with van der Waals surface area (Å²) in [6, 6.07) is 57.3. The maximum atomic E-state index is 5.56. The summed E-state index contributed by atoms with van der Waals surface area (Å²) in [5.41, 5.74) is 20.6. The van der Waals surface area contributed by atoms with Gasteiger partial charge in [0.1, 0.15) is 0 Å². The van der Waals surface area contributed by atoms with Crippen LogP contribution in [0.1, 0.15) is 74.9 Å². The van der Waals surface area contributed by atoms with Crippen molar-refractivity contribution in [3.8, 4) is 51.2 Å². The number of nitrogens with zero attached hydrogens (tertiary/aromatic N) is 8. The summed E-state index contributed by atoms with van der Waals surface area (Å²) in [4.78, 5) is 26.7. The van der Waals surface area contributed by atoms with Crippen LogP contribution in [0.2, 0.25) is 0 Å². The molecule has 0 aliphatic rings. The van der Waals surface area contributed by atoms with E-state index in [2.05, 4.69) is 229 Å². The van der Waals surface area contributed by atoms with Gasteiger partial charge in [-0.3, -0.25) is 9.97 Å². The van der Waals surface area contributed by atoms with Gasteiger partial charge in [0, 0.05) is 50.6 Å². The first kappa shape index (κ1) is 46.1. The Bertz CT molecular complexity index is 4070. The molecule has 0 radical (unpaired) electrons. The SMILES string of the molecule is Cc1cccc(C)c1-c1nc(-c2cc(-n3c4ccccc4c4ncccc43)c(-n3c4ccc(C(C)(C)C)cc4c4cc(C(C)(C)C)ccc43)c(-n3c4ccccc4c4ncccc43)c2)nc(-c2c(C)cccc2C)n1. The molecule has 0 fully saturated rings. The van der Waals surface area contributed by atoms with E-state index >= 15 is 0 Å². The van der Waals surface area contributed by atoms with Gasteiger partial charge in [-0.25, -0.2) is 15.0 Å². The van der Waals surface area contributed by atoms with Gasteiger partial charge < -0.3 is 13.7 Å². The van der Waals surface area contributed by atoms with Crippen LogP contribution in [0.3, 0.4) is 0 Å². The monoisotopic (exact) mass is 974 g/mol. The van der Waals surface area contributed by atoms with Crippen LogP contribution in [-0.4, -0.2) is 38.6 Å². The van der Waals surface area contributed by atoms with E-state index in [4.69, 9.17) is 24.9 Å². The molecule has 6 aromatic heterocycles. The molecule has 13 rings (SSSR count). The minimum Gasteiger partial charge on any atom is -0.305 e. The molecule has 0 N–H and O–H groups in total. The third-order valence-electron chi connectivity index (χ3n) is 15.4. The summed E-state index contributed by atoms with van der Waals surface area (Å²) < 4.78 is 7.34. The topological polar surface area (TPSA) is 79.2 Å². The maximum Gasteiger partial charge on any atom is 0.164 e. The molecule has 0 spiro atoms.